The first-order valence-electron chi connectivity index (χ1n) is 9.12. The zero-order valence-electron chi connectivity index (χ0n) is 16.2. The third-order valence-electron chi connectivity index (χ3n) is 3.82. The van der Waals surface area contributed by atoms with Crippen LogP contribution in [-0.2, 0) is 4.84 Å². The van der Waals surface area contributed by atoms with E-state index in [1.54, 1.807) is 37.4 Å². The van der Waals surface area contributed by atoms with Crippen molar-refractivity contribution in [2.75, 3.05) is 18.5 Å². The van der Waals surface area contributed by atoms with E-state index in [4.69, 9.17) is 9.94 Å². The highest BCUT2D eigenvalue weighted by Crippen LogP contribution is 2.30. The molecule has 8 heteroatoms. The average Bonchev–Trinajstić information content (AvgIpc) is 3.18. The summed E-state index contributed by atoms with van der Waals surface area (Å²) < 4.78 is 14.2. The molecule has 2 aromatic carbocycles. The Morgan fingerprint density at radius 2 is 2.07 bits per heavy atom. The Kier molecular flexibility index (Phi) is 7.91. The summed E-state index contributed by atoms with van der Waals surface area (Å²) >= 11 is 0. The van der Waals surface area contributed by atoms with Crippen LogP contribution in [0.1, 0.15) is 36.2 Å². The highest BCUT2D eigenvalue weighted by molar-refractivity contribution is 6.08. The molecule has 28 heavy (non-hydrogen) atoms. The molecule has 1 heterocycles. The van der Waals surface area contributed by atoms with Crippen molar-refractivity contribution in [1.29, 1.82) is 0 Å². The number of aliphatic hydroxyl groups excluding tert-OH is 1. The van der Waals surface area contributed by atoms with E-state index in [-0.39, 0.29) is 24.5 Å². The van der Waals surface area contributed by atoms with Crippen molar-refractivity contribution < 1.29 is 19.1 Å². The fraction of sp³-hybridized carbons (Fsp3) is 0.300. The Balaban J connectivity index is 0.00000136. The lowest BCUT2D eigenvalue weighted by Crippen LogP contribution is -2.25. The van der Waals surface area contributed by atoms with Crippen LogP contribution in [0.25, 0.3) is 10.9 Å². The number of hydrogen-bond donors (Lipinski definition) is 4. The minimum absolute atomic E-state index is 0.0314. The molecule has 0 unspecified atom stereocenters. The number of carbonyl (C=O) groups is 1. The van der Waals surface area contributed by atoms with Gasteiger partial charge in [0.2, 0.25) is 0 Å². The average molecular weight is 388 g/mol. The lowest BCUT2D eigenvalue weighted by Gasteiger charge is -2.14. The van der Waals surface area contributed by atoms with Crippen molar-refractivity contribution in [3.05, 3.63) is 53.5 Å². The molecule has 3 aromatic rings. The molecule has 150 valence electrons. The highest BCUT2D eigenvalue weighted by atomic mass is 19.1. The minimum atomic E-state index is -0.485. The summed E-state index contributed by atoms with van der Waals surface area (Å²) in [6, 6.07) is 8.11. The van der Waals surface area contributed by atoms with E-state index in [0.29, 0.717) is 23.0 Å². The van der Waals surface area contributed by atoms with Gasteiger partial charge in [-0.1, -0.05) is 19.9 Å². The van der Waals surface area contributed by atoms with Crippen molar-refractivity contribution >= 4 is 28.2 Å². The van der Waals surface area contributed by atoms with Gasteiger partial charge in [-0.25, -0.2) is 9.87 Å². The van der Waals surface area contributed by atoms with E-state index in [9.17, 15) is 9.18 Å². The van der Waals surface area contributed by atoms with E-state index in [2.05, 4.69) is 21.0 Å². The number of aromatic nitrogens is 2. The molecule has 0 fully saturated rings. The van der Waals surface area contributed by atoms with Crippen LogP contribution < -0.4 is 10.8 Å². The first kappa shape index (κ1) is 21.3. The first-order valence-corrected chi connectivity index (χ1v) is 9.12. The zero-order valence-corrected chi connectivity index (χ0v) is 16.2. The van der Waals surface area contributed by atoms with Crippen LogP contribution in [0.2, 0.25) is 0 Å². The number of hydrogen-bond acceptors (Lipinski definition) is 5. The van der Waals surface area contributed by atoms with E-state index >= 15 is 0 Å². The summed E-state index contributed by atoms with van der Waals surface area (Å²) in [6.45, 7) is 5.95. The number of anilines is 2. The number of fused-ring (bicyclic) bond motifs is 1. The second kappa shape index (κ2) is 10.4. The molecule has 0 saturated carbocycles. The number of hydroxylamine groups is 1. The van der Waals surface area contributed by atoms with Crippen LogP contribution in [0.5, 0.6) is 0 Å². The molecule has 1 aromatic heterocycles. The number of nitrogens with one attached hydrogen (secondary N) is 3. The summed E-state index contributed by atoms with van der Waals surface area (Å²) in [5.41, 5.74) is 4.78. The van der Waals surface area contributed by atoms with Gasteiger partial charge >= 0.3 is 0 Å². The summed E-state index contributed by atoms with van der Waals surface area (Å²) in [6.07, 6.45) is 1.97. The van der Waals surface area contributed by atoms with Crippen molar-refractivity contribution in [1.82, 2.24) is 15.7 Å². The topological polar surface area (TPSA) is 99.3 Å². The number of carbonyl (C=O) groups excluding carboxylic acids is 1. The molecule has 1 amide bonds. The molecule has 4 N–H and O–H groups in total. The fourth-order valence-corrected chi connectivity index (χ4v) is 2.51. The highest BCUT2D eigenvalue weighted by Gasteiger charge is 2.17. The van der Waals surface area contributed by atoms with Gasteiger partial charge < -0.3 is 10.4 Å². The van der Waals surface area contributed by atoms with Gasteiger partial charge in [-0.3, -0.25) is 14.7 Å². The van der Waals surface area contributed by atoms with Crippen LogP contribution in [0.4, 0.5) is 15.8 Å². The van der Waals surface area contributed by atoms with Gasteiger partial charge in [-0.15, -0.1) is 0 Å². The molecular weight excluding hydrogens is 363 g/mol. The number of aliphatic hydroxyl groups is 1. The molecule has 3 rings (SSSR count). The number of H-pyrrole nitrogens is 1. The first-order chi connectivity index (χ1) is 13.6. The van der Waals surface area contributed by atoms with Crippen molar-refractivity contribution in [3.8, 4) is 0 Å². The van der Waals surface area contributed by atoms with Crippen LogP contribution in [0, 0.1) is 12.7 Å². The Morgan fingerprint density at radius 1 is 1.29 bits per heavy atom. The number of aryl methyl sites for hydroxylation is 1. The Labute approximate surface area is 162 Å². The molecule has 0 aliphatic heterocycles. The van der Waals surface area contributed by atoms with Crippen LogP contribution in [0.15, 0.2) is 36.5 Å². The second-order valence-corrected chi connectivity index (χ2v) is 5.78. The van der Waals surface area contributed by atoms with Crippen molar-refractivity contribution in [3.63, 3.8) is 0 Å². The van der Waals surface area contributed by atoms with Crippen LogP contribution in [0.3, 0.4) is 0 Å². The van der Waals surface area contributed by atoms with Gasteiger partial charge in [0.15, 0.2) is 0 Å². The molecule has 0 aliphatic carbocycles. The lowest BCUT2D eigenvalue weighted by molar-refractivity contribution is 0.0262. The summed E-state index contributed by atoms with van der Waals surface area (Å²) in [5, 5.41) is 19.2. The van der Waals surface area contributed by atoms with Crippen LogP contribution >= 0.6 is 0 Å². The van der Waals surface area contributed by atoms with E-state index < -0.39 is 11.7 Å². The van der Waals surface area contributed by atoms with E-state index in [0.717, 1.165) is 5.56 Å². The van der Waals surface area contributed by atoms with Crippen molar-refractivity contribution in [2.24, 2.45) is 0 Å². The van der Waals surface area contributed by atoms with Gasteiger partial charge in [0.05, 0.1) is 35.3 Å². The summed E-state index contributed by atoms with van der Waals surface area (Å²) in [7, 11) is 0. The molecule has 0 radical (unpaired) electrons. The normalized spacial score (nSPS) is 10.3. The smallest absolute Gasteiger partial charge is 0.276 e. The number of aromatic amines is 1. The SMILES string of the molecule is CC.Cc1ccc(Nc2c(C(=O)NOCCCO)ccc3[nH]ncc23)c(F)c1. The third kappa shape index (κ3) is 5.05. The monoisotopic (exact) mass is 388 g/mol. The molecule has 0 spiro atoms. The standard InChI is InChI=1S/C18H19FN4O3.C2H6/c1-11-3-5-16(14(19)9-11)21-17-12(18(25)23-26-8-2-7-24)4-6-15-13(17)10-20-22-15;1-2/h3-6,9-10,21,24H,2,7-8H2,1H3,(H,20,22)(H,23,25);1-2H3. The molecule has 0 bridgehead atoms. The predicted molar refractivity (Wildman–Crippen MR) is 107 cm³/mol. The quantitative estimate of drug-likeness (QED) is 0.364. The maximum atomic E-state index is 14.2. The number of nitrogens with zero attached hydrogens (tertiary/aromatic N) is 1. The number of amides is 1. The third-order valence-corrected chi connectivity index (χ3v) is 3.82. The fourth-order valence-electron chi connectivity index (χ4n) is 2.51. The van der Waals surface area contributed by atoms with Gasteiger partial charge in [0.1, 0.15) is 5.82 Å². The number of rotatable bonds is 7. The molecule has 7 nitrogen and oxygen atoms in total. The predicted octanol–water partition coefficient (Wildman–Crippen LogP) is 3.82. The van der Waals surface area contributed by atoms with Gasteiger partial charge in [0, 0.05) is 12.0 Å². The Hall–Kier alpha value is -2.97. The second-order valence-electron chi connectivity index (χ2n) is 5.78. The number of halogens is 1. The maximum absolute atomic E-state index is 14.2. The molecule has 0 atom stereocenters. The Bertz CT molecular complexity index is 927. The largest absolute Gasteiger partial charge is 0.396 e. The van der Waals surface area contributed by atoms with Crippen LogP contribution in [-0.4, -0.2) is 34.4 Å². The maximum Gasteiger partial charge on any atom is 0.276 e. The zero-order chi connectivity index (χ0) is 20.5. The number of benzene rings is 2. The lowest BCUT2D eigenvalue weighted by atomic mass is 10.1. The Morgan fingerprint density at radius 3 is 2.79 bits per heavy atom. The van der Waals surface area contributed by atoms with Gasteiger partial charge in [-0.05, 0) is 43.2 Å². The van der Waals surface area contributed by atoms with Gasteiger partial charge in [-0.2, -0.15) is 5.10 Å². The van der Waals surface area contributed by atoms with E-state index in [1.165, 1.54) is 6.07 Å². The van der Waals surface area contributed by atoms with Gasteiger partial charge in [0.25, 0.3) is 5.91 Å². The molecule has 0 saturated heterocycles. The summed E-state index contributed by atoms with van der Waals surface area (Å²) in [5.74, 6) is -0.905. The minimum Gasteiger partial charge on any atom is -0.396 e. The van der Waals surface area contributed by atoms with Crippen molar-refractivity contribution in [2.45, 2.75) is 27.2 Å². The molecular formula is C20H25FN4O3. The molecule has 0 aliphatic rings. The van der Waals surface area contributed by atoms with E-state index in [1.807, 2.05) is 13.8 Å². The summed E-state index contributed by atoms with van der Waals surface area (Å²) in [4.78, 5) is 17.5.